The van der Waals surface area contributed by atoms with Gasteiger partial charge in [-0.1, -0.05) is 29.4 Å². The highest BCUT2D eigenvalue weighted by atomic mass is 32.1. The van der Waals surface area contributed by atoms with E-state index >= 15 is 0 Å². The number of carbonyl (C=O) groups excluding carboxylic acids is 1. The van der Waals surface area contributed by atoms with Crippen molar-refractivity contribution in [1.29, 1.82) is 0 Å². The number of aryl methyl sites for hydroxylation is 1. The van der Waals surface area contributed by atoms with Crippen LogP contribution in [-0.4, -0.2) is 36.2 Å². The van der Waals surface area contributed by atoms with Gasteiger partial charge in [-0.3, -0.25) is 4.79 Å². The molecule has 1 amide bonds. The van der Waals surface area contributed by atoms with E-state index in [-0.39, 0.29) is 5.91 Å². The molecular weight excluding hydrogens is 360 g/mol. The Labute approximate surface area is 163 Å². The standard InChI is InChI=1S/C20H24N4O2S/c1-24(16-8-3-2-4-9-16)14-6-5-13-21-18(25)11-12-19-22-20(23-26-19)17-10-7-15-27-17/h2-4,7-10,15H,5-6,11-14H2,1H3,(H,21,25). The van der Waals surface area contributed by atoms with E-state index < -0.39 is 0 Å². The molecule has 0 aliphatic rings. The molecule has 0 aliphatic heterocycles. The van der Waals surface area contributed by atoms with Crippen molar-refractivity contribution in [2.75, 3.05) is 25.0 Å². The van der Waals surface area contributed by atoms with Crippen LogP contribution < -0.4 is 10.2 Å². The number of anilines is 1. The summed E-state index contributed by atoms with van der Waals surface area (Å²) in [5, 5.41) is 8.88. The molecular formula is C20H24N4O2S. The molecule has 2 heterocycles. The quantitative estimate of drug-likeness (QED) is 0.539. The number of nitrogens with one attached hydrogen (secondary N) is 1. The normalized spacial score (nSPS) is 10.7. The fourth-order valence-corrected chi connectivity index (χ4v) is 3.33. The predicted octanol–water partition coefficient (Wildman–Crippen LogP) is 3.76. The summed E-state index contributed by atoms with van der Waals surface area (Å²) in [6.07, 6.45) is 2.79. The third-order valence-electron chi connectivity index (χ3n) is 4.22. The van der Waals surface area contributed by atoms with E-state index in [1.54, 1.807) is 11.3 Å². The third-order valence-corrected chi connectivity index (χ3v) is 5.08. The number of aromatic nitrogens is 2. The first-order valence-corrected chi connectivity index (χ1v) is 9.99. The first-order chi connectivity index (χ1) is 13.2. The molecule has 0 aliphatic carbocycles. The summed E-state index contributed by atoms with van der Waals surface area (Å²) < 4.78 is 5.21. The fraction of sp³-hybridized carbons (Fsp3) is 0.350. The minimum Gasteiger partial charge on any atom is -0.375 e. The summed E-state index contributed by atoms with van der Waals surface area (Å²) in [7, 11) is 2.09. The SMILES string of the molecule is CN(CCCCNC(=O)CCc1nc(-c2cccs2)no1)c1ccccc1. The van der Waals surface area contributed by atoms with E-state index in [1.165, 1.54) is 5.69 Å². The number of nitrogens with zero attached hydrogens (tertiary/aromatic N) is 3. The van der Waals surface area contributed by atoms with Crippen LogP contribution in [-0.2, 0) is 11.2 Å². The molecule has 3 aromatic rings. The van der Waals surface area contributed by atoms with Gasteiger partial charge in [0.1, 0.15) is 0 Å². The average Bonchev–Trinajstić information content (AvgIpc) is 3.38. The minimum atomic E-state index is 0.0160. The van der Waals surface area contributed by atoms with Crippen molar-refractivity contribution in [2.45, 2.75) is 25.7 Å². The second-order valence-corrected chi connectivity index (χ2v) is 7.25. The van der Waals surface area contributed by atoms with E-state index in [0.29, 0.717) is 31.1 Å². The molecule has 142 valence electrons. The van der Waals surface area contributed by atoms with Crippen LogP contribution >= 0.6 is 11.3 Å². The first-order valence-electron chi connectivity index (χ1n) is 9.12. The Balaban J connectivity index is 1.29. The van der Waals surface area contributed by atoms with E-state index in [2.05, 4.69) is 39.5 Å². The number of hydrogen-bond acceptors (Lipinski definition) is 6. The smallest absolute Gasteiger partial charge is 0.227 e. The Hall–Kier alpha value is -2.67. The fourth-order valence-electron chi connectivity index (χ4n) is 2.68. The lowest BCUT2D eigenvalue weighted by atomic mass is 10.2. The van der Waals surface area contributed by atoms with Crippen LogP contribution in [0.1, 0.15) is 25.2 Å². The zero-order chi connectivity index (χ0) is 18.9. The van der Waals surface area contributed by atoms with Gasteiger partial charge in [-0.15, -0.1) is 11.3 Å². The molecule has 0 fully saturated rings. The highest BCUT2D eigenvalue weighted by molar-refractivity contribution is 7.13. The van der Waals surface area contributed by atoms with E-state index in [9.17, 15) is 4.79 Å². The number of rotatable bonds is 10. The van der Waals surface area contributed by atoms with Crippen molar-refractivity contribution < 1.29 is 9.32 Å². The van der Waals surface area contributed by atoms with Crippen molar-refractivity contribution in [3.63, 3.8) is 0 Å². The summed E-state index contributed by atoms with van der Waals surface area (Å²) in [5.74, 6) is 1.10. The first kappa shape index (κ1) is 19.1. The summed E-state index contributed by atoms with van der Waals surface area (Å²) >= 11 is 1.56. The summed E-state index contributed by atoms with van der Waals surface area (Å²) in [4.78, 5) is 19.5. The van der Waals surface area contributed by atoms with Crippen molar-refractivity contribution in [1.82, 2.24) is 15.5 Å². The number of para-hydroxylation sites is 1. The lowest BCUT2D eigenvalue weighted by molar-refractivity contribution is -0.121. The van der Waals surface area contributed by atoms with Gasteiger partial charge >= 0.3 is 0 Å². The Morgan fingerprint density at radius 2 is 2.04 bits per heavy atom. The van der Waals surface area contributed by atoms with Gasteiger partial charge in [0.05, 0.1) is 4.88 Å². The Morgan fingerprint density at radius 3 is 2.81 bits per heavy atom. The van der Waals surface area contributed by atoms with Gasteiger partial charge in [-0.25, -0.2) is 0 Å². The van der Waals surface area contributed by atoms with Crippen LogP contribution in [0.5, 0.6) is 0 Å². The van der Waals surface area contributed by atoms with Gasteiger partial charge in [0.15, 0.2) is 0 Å². The van der Waals surface area contributed by atoms with Gasteiger partial charge in [-0.05, 0) is 36.4 Å². The molecule has 3 rings (SSSR count). The average molecular weight is 385 g/mol. The van der Waals surface area contributed by atoms with Crippen LogP contribution in [0.15, 0.2) is 52.4 Å². The van der Waals surface area contributed by atoms with Crippen LogP contribution in [0.4, 0.5) is 5.69 Å². The van der Waals surface area contributed by atoms with E-state index in [4.69, 9.17) is 4.52 Å². The van der Waals surface area contributed by atoms with Crippen LogP contribution in [0, 0.1) is 0 Å². The highest BCUT2D eigenvalue weighted by Gasteiger charge is 2.11. The number of benzene rings is 1. The second kappa shape index (κ2) is 9.87. The van der Waals surface area contributed by atoms with Gasteiger partial charge in [0.2, 0.25) is 17.6 Å². The van der Waals surface area contributed by atoms with Crippen molar-refractivity contribution in [3.8, 4) is 10.7 Å². The predicted molar refractivity (Wildman–Crippen MR) is 108 cm³/mol. The topological polar surface area (TPSA) is 71.3 Å². The molecule has 0 saturated carbocycles. The second-order valence-electron chi connectivity index (χ2n) is 6.30. The number of carbonyl (C=O) groups is 1. The van der Waals surface area contributed by atoms with Crippen LogP contribution in [0.3, 0.4) is 0 Å². The van der Waals surface area contributed by atoms with Crippen LogP contribution in [0.25, 0.3) is 10.7 Å². The maximum atomic E-state index is 12.0. The monoisotopic (exact) mass is 384 g/mol. The lowest BCUT2D eigenvalue weighted by Gasteiger charge is -2.19. The molecule has 1 N–H and O–H groups in total. The summed E-state index contributed by atoms with van der Waals surface area (Å²) in [6.45, 7) is 1.65. The molecule has 1 aromatic carbocycles. The maximum Gasteiger partial charge on any atom is 0.227 e. The maximum absolute atomic E-state index is 12.0. The third kappa shape index (κ3) is 5.92. The van der Waals surface area contributed by atoms with Gasteiger partial charge in [0, 0.05) is 38.7 Å². The molecule has 27 heavy (non-hydrogen) atoms. The summed E-state index contributed by atoms with van der Waals surface area (Å²) in [6, 6.07) is 14.2. The number of unbranched alkanes of at least 4 members (excludes halogenated alkanes) is 1. The molecule has 7 heteroatoms. The molecule has 0 saturated heterocycles. The van der Waals surface area contributed by atoms with Gasteiger partial charge in [-0.2, -0.15) is 4.98 Å². The van der Waals surface area contributed by atoms with Crippen LogP contribution in [0.2, 0.25) is 0 Å². The summed E-state index contributed by atoms with van der Waals surface area (Å²) in [5.41, 5.74) is 1.21. The lowest BCUT2D eigenvalue weighted by Crippen LogP contribution is -2.26. The molecule has 0 radical (unpaired) electrons. The van der Waals surface area contributed by atoms with E-state index in [1.807, 2.05) is 35.7 Å². The molecule has 6 nitrogen and oxygen atoms in total. The molecule has 0 bridgehead atoms. The van der Waals surface area contributed by atoms with Gasteiger partial charge < -0.3 is 14.7 Å². The number of hydrogen-bond donors (Lipinski definition) is 1. The van der Waals surface area contributed by atoms with Crippen molar-refractivity contribution in [3.05, 3.63) is 53.7 Å². The Bertz CT molecular complexity index is 818. The molecule has 2 aromatic heterocycles. The number of amides is 1. The zero-order valence-electron chi connectivity index (χ0n) is 15.4. The molecule has 0 unspecified atom stereocenters. The van der Waals surface area contributed by atoms with Crippen molar-refractivity contribution in [2.24, 2.45) is 0 Å². The Morgan fingerprint density at radius 1 is 1.19 bits per heavy atom. The largest absolute Gasteiger partial charge is 0.375 e. The highest BCUT2D eigenvalue weighted by Crippen LogP contribution is 2.21. The van der Waals surface area contributed by atoms with Crippen molar-refractivity contribution >= 4 is 22.9 Å². The Kier molecular flexibility index (Phi) is 6.98. The minimum absolute atomic E-state index is 0.0160. The number of thiophene rings is 1. The molecule has 0 atom stereocenters. The van der Waals surface area contributed by atoms with Gasteiger partial charge in [0.25, 0.3) is 0 Å². The molecule has 0 spiro atoms. The van der Waals surface area contributed by atoms with E-state index in [0.717, 1.165) is 24.3 Å². The zero-order valence-corrected chi connectivity index (χ0v) is 16.2.